The fourth-order valence-corrected chi connectivity index (χ4v) is 7.03. The minimum Gasteiger partial charge on any atom is -0.457 e. The van der Waals surface area contributed by atoms with Crippen molar-refractivity contribution < 1.29 is 18.8 Å². The molecule has 175 valence electrons. The van der Waals surface area contributed by atoms with E-state index in [0.29, 0.717) is 5.70 Å². The smallest absolute Gasteiger partial charge is 0.356 e. The summed E-state index contributed by atoms with van der Waals surface area (Å²) in [5.41, 5.74) is 0.421. The van der Waals surface area contributed by atoms with E-state index in [9.17, 15) is 9.59 Å². The first-order chi connectivity index (χ1) is 15.0. The lowest BCUT2D eigenvalue weighted by atomic mass is 9.92. The highest BCUT2D eigenvalue weighted by molar-refractivity contribution is 8.04. The Labute approximate surface area is 199 Å². The molecule has 1 saturated heterocycles. The predicted octanol–water partition coefficient (Wildman–Crippen LogP) is 5.44. The Morgan fingerprint density at radius 3 is 2.53 bits per heavy atom. The Kier molecular flexibility index (Phi) is 8.04. The lowest BCUT2D eigenvalue weighted by Crippen LogP contribution is -2.62. The summed E-state index contributed by atoms with van der Waals surface area (Å²) in [6.45, 7) is 16.8. The van der Waals surface area contributed by atoms with Crippen molar-refractivity contribution in [3.8, 4) is 0 Å². The van der Waals surface area contributed by atoms with Crippen molar-refractivity contribution in [1.82, 2.24) is 4.90 Å². The van der Waals surface area contributed by atoms with E-state index in [1.54, 1.807) is 22.7 Å². The van der Waals surface area contributed by atoms with Crippen LogP contribution < -0.4 is 0 Å². The van der Waals surface area contributed by atoms with Crippen LogP contribution in [-0.4, -0.2) is 43.2 Å². The van der Waals surface area contributed by atoms with Gasteiger partial charge in [0.1, 0.15) is 17.7 Å². The summed E-state index contributed by atoms with van der Waals surface area (Å²) in [7, 11) is -2.01. The van der Waals surface area contributed by atoms with Crippen LogP contribution >= 0.6 is 11.8 Å². The zero-order chi connectivity index (χ0) is 23.7. The third-order valence-electron chi connectivity index (χ3n) is 6.77. The first-order valence-electron chi connectivity index (χ1n) is 11.4. The van der Waals surface area contributed by atoms with Crippen LogP contribution in [0.25, 0.3) is 0 Å². The molecule has 2 aliphatic heterocycles. The normalized spacial score (nSPS) is 25.1. The molecular formula is C25H36NO4SSi. The molecule has 2 heterocycles. The van der Waals surface area contributed by atoms with Crippen LogP contribution in [0.2, 0.25) is 18.1 Å². The summed E-state index contributed by atoms with van der Waals surface area (Å²) in [4.78, 5) is 28.6. The van der Waals surface area contributed by atoms with E-state index in [0.717, 1.165) is 24.2 Å². The Hall–Kier alpha value is -1.05. The average Bonchev–Trinajstić information content (AvgIpc) is 3.31. The minimum atomic E-state index is -2.01. The Morgan fingerprint density at radius 2 is 1.94 bits per heavy atom. The molecule has 0 aromatic rings. The third kappa shape index (κ3) is 5.20. The number of β-lactam (4-membered cyclic amide) rings is 1. The van der Waals surface area contributed by atoms with Crippen molar-refractivity contribution in [1.29, 1.82) is 0 Å². The van der Waals surface area contributed by atoms with Gasteiger partial charge in [0.25, 0.3) is 0 Å². The van der Waals surface area contributed by atoms with E-state index >= 15 is 0 Å². The van der Waals surface area contributed by atoms with E-state index in [1.807, 2.05) is 19.8 Å². The number of ether oxygens (including phenoxy) is 1. The lowest BCUT2D eigenvalue weighted by Gasteiger charge is -2.48. The van der Waals surface area contributed by atoms with E-state index in [2.05, 4.69) is 53.3 Å². The second-order valence-corrected chi connectivity index (χ2v) is 16.1. The van der Waals surface area contributed by atoms with Gasteiger partial charge in [-0.15, -0.1) is 11.8 Å². The molecule has 2 fully saturated rings. The summed E-state index contributed by atoms with van der Waals surface area (Å²) in [5, 5.41) is -0.0251. The summed E-state index contributed by atoms with van der Waals surface area (Å²) in [5.74, 6) is 0.570. The molecule has 1 saturated carbocycles. The SMILES string of the molecule is C=CCOC(=O)C1=C(CCC[C]2[CH][CH][CH][CH]2)S[C@@H]2[C@@H]([C@@H](C)O[Si](C)(C)C(C)(C)C)C(=O)N12. The number of nitrogens with zero attached hydrogens (tertiary/aromatic N) is 1. The molecule has 5 radical (unpaired) electrons. The molecule has 0 aromatic heterocycles. The van der Waals surface area contributed by atoms with E-state index in [-0.39, 0.29) is 34.9 Å². The first kappa shape index (κ1) is 25.6. The first-order valence-corrected chi connectivity index (χ1v) is 15.2. The largest absolute Gasteiger partial charge is 0.457 e. The molecular weight excluding hydrogens is 438 g/mol. The van der Waals surface area contributed by atoms with Crippen molar-refractivity contribution in [2.24, 2.45) is 5.92 Å². The zero-order valence-electron chi connectivity index (χ0n) is 20.1. The second-order valence-electron chi connectivity index (χ2n) is 10.1. The van der Waals surface area contributed by atoms with Crippen LogP contribution in [0.1, 0.15) is 47.0 Å². The number of hydrogen-bond donors (Lipinski definition) is 0. The van der Waals surface area contributed by atoms with Crippen molar-refractivity contribution in [2.45, 2.75) is 76.6 Å². The molecule has 0 aromatic carbocycles. The fourth-order valence-electron chi connectivity index (χ4n) is 3.96. The van der Waals surface area contributed by atoms with Crippen molar-refractivity contribution in [2.75, 3.05) is 6.61 Å². The van der Waals surface area contributed by atoms with E-state index in [4.69, 9.17) is 9.16 Å². The van der Waals surface area contributed by atoms with Crippen molar-refractivity contribution in [3.05, 3.63) is 54.9 Å². The van der Waals surface area contributed by atoms with E-state index in [1.165, 1.54) is 5.92 Å². The number of thioether (sulfide) groups is 1. The van der Waals surface area contributed by atoms with Gasteiger partial charge in [-0.3, -0.25) is 9.69 Å². The Balaban J connectivity index is 1.71. The summed E-state index contributed by atoms with van der Waals surface area (Å²) < 4.78 is 11.9. The maximum atomic E-state index is 13.2. The third-order valence-corrected chi connectivity index (χ3v) is 12.8. The number of rotatable bonds is 10. The van der Waals surface area contributed by atoms with Gasteiger partial charge in [0.05, 0.1) is 12.0 Å². The van der Waals surface area contributed by atoms with Crippen LogP contribution in [0.5, 0.6) is 0 Å². The van der Waals surface area contributed by atoms with Gasteiger partial charge >= 0.3 is 5.97 Å². The van der Waals surface area contributed by atoms with Gasteiger partial charge in [0.2, 0.25) is 5.91 Å². The molecule has 3 aliphatic rings. The van der Waals surface area contributed by atoms with Gasteiger partial charge in [-0.2, -0.15) is 0 Å². The number of fused-ring (bicyclic) bond motifs is 1. The molecule has 32 heavy (non-hydrogen) atoms. The van der Waals surface area contributed by atoms with Crippen molar-refractivity contribution >= 4 is 32.0 Å². The highest BCUT2D eigenvalue weighted by Gasteiger charge is 2.59. The predicted molar refractivity (Wildman–Crippen MR) is 132 cm³/mol. The van der Waals surface area contributed by atoms with E-state index < -0.39 is 14.3 Å². The molecule has 1 aliphatic carbocycles. The number of amides is 1. The molecule has 1 amide bonds. The Morgan fingerprint density at radius 1 is 1.28 bits per heavy atom. The molecule has 3 atom stereocenters. The topological polar surface area (TPSA) is 55.8 Å². The van der Waals surface area contributed by atoms with Crippen LogP contribution in [0, 0.1) is 37.5 Å². The molecule has 3 rings (SSSR count). The zero-order valence-corrected chi connectivity index (χ0v) is 22.0. The van der Waals surface area contributed by atoms with Gasteiger partial charge < -0.3 is 9.16 Å². The number of carbonyl (C=O) groups is 2. The number of hydrogen-bond acceptors (Lipinski definition) is 5. The number of carbonyl (C=O) groups excluding carboxylic acids is 2. The molecule has 7 heteroatoms. The van der Waals surface area contributed by atoms with Crippen LogP contribution in [0.15, 0.2) is 23.3 Å². The minimum absolute atomic E-state index is 0.0368. The Bertz CT molecular complexity index is 766. The standard InChI is InChI=1S/C25H36NO4SSi/c1-8-16-29-24(28)21-19(15-11-14-18-12-9-10-13-18)31-23-20(22(27)26(21)23)17(2)30-32(6,7)25(3,4)5/h8-10,12-13,17,20,23H,1,11,14-16H2,2-7H3/t17-,20+,23-/m1/s1. The van der Waals surface area contributed by atoms with Crippen molar-refractivity contribution in [3.63, 3.8) is 0 Å². The monoisotopic (exact) mass is 474 g/mol. The van der Waals surface area contributed by atoms with Crippen LogP contribution in [0.4, 0.5) is 0 Å². The van der Waals surface area contributed by atoms with Crippen LogP contribution in [0.3, 0.4) is 0 Å². The number of esters is 1. The van der Waals surface area contributed by atoms with Gasteiger partial charge in [0, 0.05) is 4.91 Å². The summed E-state index contributed by atoms with van der Waals surface area (Å²) in [6.07, 6.45) is 12.3. The average molecular weight is 475 g/mol. The maximum Gasteiger partial charge on any atom is 0.356 e. The maximum absolute atomic E-state index is 13.2. The lowest BCUT2D eigenvalue weighted by molar-refractivity contribution is -0.157. The van der Waals surface area contributed by atoms with Gasteiger partial charge in [-0.1, -0.05) is 33.4 Å². The number of allylic oxidation sites excluding steroid dienone is 1. The van der Waals surface area contributed by atoms with Gasteiger partial charge in [0.15, 0.2) is 8.32 Å². The van der Waals surface area contributed by atoms with Crippen LogP contribution in [-0.2, 0) is 18.8 Å². The van der Waals surface area contributed by atoms with Gasteiger partial charge in [-0.05, 0) is 75.9 Å². The highest BCUT2D eigenvalue weighted by atomic mass is 32.2. The molecule has 0 N–H and O–H groups in total. The second kappa shape index (κ2) is 10.1. The summed E-state index contributed by atoms with van der Waals surface area (Å²) in [6, 6.07) is 0. The molecule has 5 nitrogen and oxygen atoms in total. The molecule has 0 spiro atoms. The fraction of sp³-hybridized carbons (Fsp3) is 0.560. The highest BCUT2D eigenvalue weighted by Crippen LogP contribution is 2.53. The summed E-state index contributed by atoms with van der Waals surface area (Å²) >= 11 is 1.63. The quantitative estimate of drug-likeness (QED) is 0.182. The molecule has 0 unspecified atom stereocenters. The molecule has 0 bridgehead atoms. The van der Waals surface area contributed by atoms with Gasteiger partial charge in [-0.25, -0.2) is 4.79 Å².